The second-order valence-electron chi connectivity index (χ2n) is 6.69. The van der Waals surface area contributed by atoms with Gasteiger partial charge in [0.1, 0.15) is 18.2 Å². The molecule has 31 heavy (non-hydrogen) atoms. The van der Waals surface area contributed by atoms with E-state index in [0.29, 0.717) is 23.1 Å². The quantitative estimate of drug-likeness (QED) is 0.440. The van der Waals surface area contributed by atoms with E-state index in [1.165, 1.54) is 18.2 Å². The highest BCUT2D eigenvalue weighted by Crippen LogP contribution is 2.18. The van der Waals surface area contributed by atoms with Gasteiger partial charge in [0.2, 0.25) is 5.88 Å². The second-order valence-corrected chi connectivity index (χ2v) is 6.69. The number of carbonyl (C=O) groups is 1. The summed E-state index contributed by atoms with van der Waals surface area (Å²) in [6, 6.07) is 18.7. The third-order valence-corrected chi connectivity index (χ3v) is 4.40. The molecule has 0 bridgehead atoms. The number of carbonyl (C=O) groups excluding carboxylic acids is 1. The summed E-state index contributed by atoms with van der Waals surface area (Å²) < 4.78 is 25.9. The molecule has 2 heterocycles. The predicted molar refractivity (Wildman–Crippen MR) is 111 cm³/mol. The Balaban J connectivity index is 1.31. The molecule has 2 aromatic heterocycles. The van der Waals surface area contributed by atoms with E-state index >= 15 is 0 Å². The molecule has 0 fully saturated rings. The van der Waals surface area contributed by atoms with Gasteiger partial charge < -0.3 is 14.8 Å². The number of rotatable bonds is 8. The Bertz CT molecular complexity index is 1180. The van der Waals surface area contributed by atoms with E-state index < -0.39 is 11.9 Å². The molecule has 9 heteroatoms. The average molecular weight is 421 g/mol. The minimum Gasteiger partial charge on any atom is -0.481 e. The molecule has 0 spiro atoms. The van der Waals surface area contributed by atoms with Gasteiger partial charge in [-0.1, -0.05) is 36.4 Å². The maximum Gasteiger partial charge on any atom is 0.260 e. The topological polar surface area (TPSA) is 90.6 Å². The van der Waals surface area contributed by atoms with Crippen molar-refractivity contribution in [3.8, 4) is 23.0 Å². The third kappa shape index (κ3) is 4.95. The smallest absolute Gasteiger partial charge is 0.260 e. The first-order valence-corrected chi connectivity index (χ1v) is 9.71. The summed E-state index contributed by atoms with van der Waals surface area (Å²) in [7, 11) is 0. The van der Waals surface area contributed by atoms with Crippen molar-refractivity contribution in [2.75, 3.05) is 13.2 Å². The second kappa shape index (κ2) is 9.21. The lowest BCUT2D eigenvalue weighted by Gasteiger charge is -2.15. The molecule has 2 aromatic carbocycles. The van der Waals surface area contributed by atoms with E-state index in [4.69, 9.17) is 9.47 Å². The van der Waals surface area contributed by atoms with E-state index in [-0.39, 0.29) is 19.1 Å². The molecule has 8 nitrogen and oxygen atoms in total. The Morgan fingerprint density at radius 2 is 1.94 bits per heavy atom. The first-order valence-electron chi connectivity index (χ1n) is 9.71. The van der Waals surface area contributed by atoms with Crippen molar-refractivity contribution in [2.45, 2.75) is 13.0 Å². The molecule has 0 aliphatic heterocycles. The number of nitrogens with zero attached hydrogens (tertiary/aromatic N) is 4. The largest absolute Gasteiger partial charge is 0.481 e. The number of aromatic nitrogens is 4. The highest BCUT2D eigenvalue weighted by Gasteiger charge is 2.15. The lowest BCUT2D eigenvalue weighted by molar-refractivity contribution is -0.127. The van der Waals surface area contributed by atoms with Crippen molar-refractivity contribution in [2.24, 2.45) is 0 Å². The number of hydrogen-bond acceptors (Lipinski definition) is 6. The number of halogens is 1. The summed E-state index contributed by atoms with van der Waals surface area (Å²) in [5, 5.41) is 15.4. The highest BCUT2D eigenvalue weighted by molar-refractivity contribution is 5.80. The first kappa shape index (κ1) is 20.3. The van der Waals surface area contributed by atoms with Crippen LogP contribution in [-0.2, 0) is 4.79 Å². The minimum absolute atomic E-state index is 0.208. The van der Waals surface area contributed by atoms with E-state index in [0.717, 1.165) is 5.56 Å². The van der Waals surface area contributed by atoms with E-state index in [2.05, 4.69) is 20.6 Å². The van der Waals surface area contributed by atoms with E-state index in [9.17, 15) is 9.18 Å². The Labute approximate surface area is 177 Å². The van der Waals surface area contributed by atoms with Crippen LogP contribution in [0.4, 0.5) is 4.39 Å². The number of amides is 1. The number of nitrogens with one attached hydrogen (secondary N) is 1. The van der Waals surface area contributed by atoms with Crippen LogP contribution in [0.15, 0.2) is 66.7 Å². The Morgan fingerprint density at radius 1 is 1.10 bits per heavy atom. The molecule has 0 aliphatic rings. The molecule has 158 valence electrons. The zero-order valence-electron chi connectivity index (χ0n) is 16.7. The molecular weight excluding hydrogens is 401 g/mol. The van der Waals surface area contributed by atoms with Crippen LogP contribution in [0.25, 0.3) is 17.0 Å². The van der Waals surface area contributed by atoms with Crippen molar-refractivity contribution in [1.29, 1.82) is 0 Å². The molecule has 0 saturated carbocycles. The summed E-state index contributed by atoms with van der Waals surface area (Å²) in [6.07, 6.45) is -0.776. The van der Waals surface area contributed by atoms with Crippen molar-refractivity contribution in [3.63, 3.8) is 0 Å². The molecular formula is C22H20FN5O3. The van der Waals surface area contributed by atoms with Gasteiger partial charge in [0.15, 0.2) is 17.6 Å². The molecule has 0 aliphatic carbocycles. The van der Waals surface area contributed by atoms with Gasteiger partial charge in [-0.05, 0) is 25.1 Å². The zero-order valence-corrected chi connectivity index (χ0v) is 16.7. The monoisotopic (exact) mass is 421 g/mol. The van der Waals surface area contributed by atoms with Crippen molar-refractivity contribution in [1.82, 2.24) is 25.1 Å². The summed E-state index contributed by atoms with van der Waals surface area (Å²) in [5.41, 5.74) is 1.49. The van der Waals surface area contributed by atoms with Crippen LogP contribution in [0.5, 0.6) is 11.6 Å². The van der Waals surface area contributed by atoms with Crippen LogP contribution in [0.3, 0.4) is 0 Å². The Hall–Kier alpha value is -4.01. The van der Waals surface area contributed by atoms with E-state index in [1.54, 1.807) is 29.6 Å². The zero-order chi connectivity index (χ0) is 21.6. The fraction of sp³-hybridized carbons (Fsp3) is 0.182. The SMILES string of the molecule is CC(Oc1cccc(F)c1)C(=O)NCCOc1ccc2nnc(-c3ccccc3)n2n1. The van der Waals surface area contributed by atoms with Gasteiger partial charge in [0.05, 0.1) is 6.54 Å². The van der Waals surface area contributed by atoms with Gasteiger partial charge in [-0.2, -0.15) is 4.52 Å². The van der Waals surface area contributed by atoms with Gasteiger partial charge in [-0.3, -0.25) is 4.79 Å². The van der Waals surface area contributed by atoms with Crippen LogP contribution >= 0.6 is 0 Å². The number of fused-ring (bicyclic) bond motifs is 1. The summed E-state index contributed by atoms with van der Waals surface area (Å²) in [5.74, 6) is 0.521. The van der Waals surface area contributed by atoms with Crippen LogP contribution in [0.1, 0.15) is 6.92 Å². The van der Waals surface area contributed by atoms with E-state index in [1.807, 2.05) is 30.3 Å². The van der Waals surface area contributed by atoms with Gasteiger partial charge in [-0.15, -0.1) is 15.3 Å². The molecule has 0 radical (unpaired) electrons. The summed E-state index contributed by atoms with van der Waals surface area (Å²) in [4.78, 5) is 12.2. The molecule has 4 rings (SSSR count). The maximum absolute atomic E-state index is 13.2. The Morgan fingerprint density at radius 3 is 2.74 bits per heavy atom. The van der Waals surface area contributed by atoms with Crippen LogP contribution in [-0.4, -0.2) is 45.0 Å². The van der Waals surface area contributed by atoms with Crippen molar-refractivity contribution < 1.29 is 18.7 Å². The predicted octanol–water partition coefficient (Wildman–Crippen LogP) is 2.89. The fourth-order valence-electron chi connectivity index (χ4n) is 2.89. The molecule has 4 aromatic rings. The maximum atomic E-state index is 13.2. The number of ether oxygens (including phenoxy) is 2. The highest BCUT2D eigenvalue weighted by atomic mass is 19.1. The van der Waals surface area contributed by atoms with Gasteiger partial charge in [0.25, 0.3) is 5.91 Å². The van der Waals surface area contributed by atoms with Crippen molar-refractivity contribution >= 4 is 11.6 Å². The van der Waals surface area contributed by atoms with Crippen LogP contribution in [0, 0.1) is 5.82 Å². The molecule has 1 amide bonds. The fourth-order valence-corrected chi connectivity index (χ4v) is 2.89. The molecule has 1 atom stereocenters. The molecule has 0 saturated heterocycles. The normalized spacial score (nSPS) is 11.8. The molecule has 1 N–H and O–H groups in total. The first-order chi connectivity index (χ1) is 15.1. The lowest BCUT2D eigenvalue weighted by Crippen LogP contribution is -2.38. The summed E-state index contributed by atoms with van der Waals surface area (Å²) >= 11 is 0. The van der Waals surface area contributed by atoms with Gasteiger partial charge in [0, 0.05) is 17.7 Å². The molecule has 1 unspecified atom stereocenters. The van der Waals surface area contributed by atoms with Gasteiger partial charge >= 0.3 is 0 Å². The van der Waals surface area contributed by atoms with Crippen molar-refractivity contribution in [3.05, 3.63) is 72.5 Å². The van der Waals surface area contributed by atoms with Gasteiger partial charge in [-0.25, -0.2) is 4.39 Å². The third-order valence-electron chi connectivity index (χ3n) is 4.40. The lowest BCUT2D eigenvalue weighted by atomic mass is 10.2. The van der Waals surface area contributed by atoms with Crippen LogP contribution in [0.2, 0.25) is 0 Å². The standard InChI is InChI=1S/C22H20FN5O3/c1-15(31-18-9-5-8-17(23)14-18)22(29)24-12-13-30-20-11-10-19-25-26-21(28(19)27-20)16-6-3-2-4-7-16/h2-11,14-15H,12-13H2,1H3,(H,24,29). The number of hydrogen-bond donors (Lipinski definition) is 1. The summed E-state index contributed by atoms with van der Waals surface area (Å²) in [6.45, 7) is 2.05. The Kier molecular flexibility index (Phi) is 6.02. The van der Waals surface area contributed by atoms with Crippen LogP contribution < -0.4 is 14.8 Å². The number of benzene rings is 2. The average Bonchev–Trinajstić information content (AvgIpc) is 3.20. The minimum atomic E-state index is -0.776.